The fraction of sp³-hybridized carbons (Fsp3) is 0.625. The molecule has 3 heteroatoms. The Morgan fingerprint density at radius 1 is 1.37 bits per heavy atom. The van der Waals surface area contributed by atoms with Gasteiger partial charge < -0.3 is 5.32 Å². The second-order valence-corrected chi connectivity index (χ2v) is 6.01. The minimum Gasteiger partial charge on any atom is -0.314 e. The molecule has 2 unspecified atom stereocenters. The normalized spacial score (nSPS) is 23.5. The van der Waals surface area contributed by atoms with Crippen LogP contribution in [-0.4, -0.2) is 12.6 Å². The largest absolute Gasteiger partial charge is 0.314 e. The monoisotopic (exact) mass is 283 g/mol. The topological polar surface area (TPSA) is 12.0 Å². The average Bonchev–Trinajstić information content (AvgIpc) is 2.42. The summed E-state index contributed by atoms with van der Waals surface area (Å²) in [5, 5.41) is 3.84. The highest BCUT2D eigenvalue weighted by Crippen LogP contribution is 2.29. The van der Waals surface area contributed by atoms with Crippen LogP contribution in [-0.2, 0) is 6.42 Å². The first-order chi connectivity index (χ1) is 9.20. The molecule has 0 amide bonds. The highest BCUT2D eigenvalue weighted by molar-refractivity contribution is 6.30. The van der Waals surface area contributed by atoms with Crippen molar-refractivity contribution in [1.82, 2.24) is 5.32 Å². The summed E-state index contributed by atoms with van der Waals surface area (Å²) in [6.45, 7) is 3.28. The molecule has 0 spiro atoms. The smallest absolute Gasteiger partial charge is 0.144 e. The SMILES string of the molecule is CCCNC1CCCC(Cc2cccc(Cl)c2F)C1. The molecule has 0 aliphatic heterocycles. The Balaban J connectivity index is 1.93. The van der Waals surface area contributed by atoms with E-state index in [1.54, 1.807) is 6.07 Å². The minimum absolute atomic E-state index is 0.229. The summed E-state index contributed by atoms with van der Waals surface area (Å²) < 4.78 is 13.9. The number of hydrogen-bond donors (Lipinski definition) is 1. The van der Waals surface area contributed by atoms with Crippen LogP contribution in [0.4, 0.5) is 4.39 Å². The Bertz CT molecular complexity index is 408. The van der Waals surface area contributed by atoms with Gasteiger partial charge >= 0.3 is 0 Å². The maximum Gasteiger partial charge on any atom is 0.144 e. The molecule has 1 aromatic rings. The molecule has 1 saturated carbocycles. The molecule has 1 N–H and O–H groups in total. The van der Waals surface area contributed by atoms with E-state index < -0.39 is 0 Å². The van der Waals surface area contributed by atoms with Crippen molar-refractivity contribution in [3.63, 3.8) is 0 Å². The molecular formula is C16H23ClFN. The molecule has 0 heterocycles. The standard InChI is InChI=1S/C16H23ClFN/c1-2-9-19-14-7-3-5-12(11-14)10-13-6-4-8-15(17)16(13)18/h4,6,8,12,14,19H,2-3,5,7,9-11H2,1H3. The number of rotatable bonds is 5. The van der Waals surface area contributed by atoms with Gasteiger partial charge in [0.15, 0.2) is 0 Å². The molecule has 2 atom stereocenters. The van der Waals surface area contributed by atoms with Crippen LogP contribution in [0.15, 0.2) is 18.2 Å². The first-order valence-electron chi connectivity index (χ1n) is 7.37. The van der Waals surface area contributed by atoms with E-state index in [1.807, 2.05) is 12.1 Å². The molecule has 0 radical (unpaired) electrons. The zero-order valence-electron chi connectivity index (χ0n) is 11.6. The lowest BCUT2D eigenvalue weighted by molar-refractivity contribution is 0.282. The van der Waals surface area contributed by atoms with Gasteiger partial charge in [0.1, 0.15) is 5.82 Å². The number of nitrogens with one attached hydrogen (secondary N) is 1. The van der Waals surface area contributed by atoms with Gasteiger partial charge in [-0.3, -0.25) is 0 Å². The zero-order valence-corrected chi connectivity index (χ0v) is 12.3. The van der Waals surface area contributed by atoms with Gasteiger partial charge in [-0.1, -0.05) is 43.5 Å². The predicted octanol–water partition coefficient (Wildman–Crippen LogP) is 4.58. The van der Waals surface area contributed by atoms with E-state index in [0.717, 1.165) is 24.9 Å². The predicted molar refractivity (Wildman–Crippen MR) is 79.2 cm³/mol. The van der Waals surface area contributed by atoms with E-state index in [2.05, 4.69) is 12.2 Å². The number of hydrogen-bond acceptors (Lipinski definition) is 1. The van der Waals surface area contributed by atoms with Gasteiger partial charge in [-0.15, -0.1) is 0 Å². The van der Waals surface area contributed by atoms with Gasteiger partial charge in [-0.05, 0) is 49.8 Å². The van der Waals surface area contributed by atoms with Crippen LogP contribution < -0.4 is 5.32 Å². The van der Waals surface area contributed by atoms with Crippen molar-refractivity contribution in [2.24, 2.45) is 5.92 Å². The maximum absolute atomic E-state index is 13.9. The molecule has 1 fully saturated rings. The van der Waals surface area contributed by atoms with Gasteiger partial charge in [-0.2, -0.15) is 0 Å². The van der Waals surface area contributed by atoms with Crippen molar-refractivity contribution < 1.29 is 4.39 Å². The average molecular weight is 284 g/mol. The van der Waals surface area contributed by atoms with E-state index in [4.69, 9.17) is 11.6 Å². The van der Waals surface area contributed by atoms with Crippen molar-refractivity contribution in [1.29, 1.82) is 0 Å². The lowest BCUT2D eigenvalue weighted by atomic mass is 9.82. The van der Waals surface area contributed by atoms with E-state index in [-0.39, 0.29) is 10.8 Å². The van der Waals surface area contributed by atoms with E-state index in [0.29, 0.717) is 12.0 Å². The molecule has 106 valence electrons. The van der Waals surface area contributed by atoms with Crippen LogP contribution in [0.2, 0.25) is 5.02 Å². The number of benzene rings is 1. The van der Waals surface area contributed by atoms with Crippen LogP contribution in [0.25, 0.3) is 0 Å². The molecule has 0 aromatic heterocycles. The summed E-state index contributed by atoms with van der Waals surface area (Å²) in [4.78, 5) is 0. The zero-order chi connectivity index (χ0) is 13.7. The van der Waals surface area contributed by atoms with Crippen LogP contribution in [0.1, 0.15) is 44.6 Å². The van der Waals surface area contributed by atoms with Gasteiger partial charge in [0.2, 0.25) is 0 Å². The Kier molecular flexibility index (Phi) is 5.65. The summed E-state index contributed by atoms with van der Waals surface area (Å²) in [5.41, 5.74) is 0.772. The molecule has 1 aliphatic carbocycles. The Hall–Kier alpha value is -0.600. The van der Waals surface area contributed by atoms with Gasteiger partial charge in [0.25, 0.3) is 0 Å². The fourth-order valence-electron chi connectivity index (χ4n) is 3.03. The maximum atomic E-state index is 13.9. The molecule has 1 aromatic carbocycles. The highest BCUT2D eigenvalue weighted by atomic mass is 35.5. The summed E-state index contributed by atoms with van der Waals surface area (Å²) in [6.07, 6.45) is 6.85. The third-order valence-corrected chi connectivity index (χ3v) is 4.30. The second-order valence-electron chi connectivity index (χ2n) is 5.60. The lowest BCUT2D eigenvalue weighted by Crippen LogP contribution is -2.35. The summed E-state index contributed by atoms with van der Waals surface area (Å²) in [5.74, 6) is 0.351. The van der Waals surface area contributed by atoms with Crippen molar-refractivity contribution in [2.75, 3.05) is 6.54 Å². The first-order valence-corrected chi connectivity index (χ1v) is 7.74. The molecule has 1 aliphatic rings. The molecule has 19 heavy (non-hydrogen) atoms. The Labute approximate surface area is 120 Å². The van der Waals surface area contributed by atoms with Crippen LogP contribution in [0, 0.1) is 11.7 Å². The van der Waals surface area contributed by atoms with Crippen LogP contribution in [0.5, 0.6) is 0 Å². The van der Waals surface area contributed by atoms with Crippen LogP contribution in [0.3, 0.4) is 0 Å². The summed E-state index contributed by atoms with van der Waals surface area (Å²) >= 11 is 5.84. The minimum atomic E-state index is -0.229. The summed E-state index contributed by atoms with van der Waals surface area (Å²) in [6, 6.07) is 5.94. The molecule has 1 nitrogen and oxygen atoms in total. The van der Waals surface area contributed by atoms with E-state index in [9.17, 15) is 4.39 Å². The van der Waals surface area contributed by atoms with E-state index in [1.165, 1.54) is 25.7 Å². The van der Waals surface area contributed by atoms with Crippen molar-refractivity contribution in [2.45, 2.75) is 51.5 Å². The molecule has 0 bridgehead atoms. The highest BCUT2D eigenvalue weighted by Gasteiger charge is 2.22. The van der Waals surface area contributed by atoms with Crippen molar-refractivity contribution in [3.05, 3.63) is 34.6 Å². The fourth-order valence-corrected chi connectivity index (χ4v) is 3.22. The third kappa shape index (κ3) is 4.19. The molecule has 2 rings (SSSR count). The molecular weight excluding hydrogens is 261 g/mol. The quantitative estimate of drug-likeness (QED) is 0.834. The Morgan fingerprint density at radius 2 is 2.21 bits per heavy atom. The van der Waals surface area contributed by atoms with Crippen LogP contribution >= 0.6 is 11.6 Å². The van der Waals surface area contributed by atoms with Gasteiger partial charge in [-0.25, -0.2) is 4.39 Å². The van der Waals surface area contributed by atoms with Gasteiger partial charge in [0.05, 0.1) is 5.02 Å². The lowest BCUT2D eigenvalue weighted by Gasteiger charge is -2.30. The summed E-state index contributed by atoms with van der Waals surface area (Å²) in [7, 11) is 0. The third-order valence-electron chi connectivity index (χ3n) is 4.01. The molecule has 0 saturated heterocycles. The van der Waals surface area contributed by atoms with Crippen molar-refractivity contribution >= 4 is 11.6 Å². The van der Waals surface area contributed by atoms with E-state index >= 15 is 0 Å². The second kappa shape index (κ2) is 7.25. The first kappa shape index (κ1) is 14.8. The number of halogens is 2. The van der Waals surface area contributed by atoms with Gasteiger partial charge in [0, 0.05) is 6.04 Å². The van der Waals surface area contributed by atoms with Crippen molar-refractivity contribution in [3.8, 4) is 0 Å². The Morgan fingerprint density at radius 3 is 3.00 bits per heavy atom.